The average molecular weight is 679 g/mol. The SMILES string of the molecule is CC(C)(CC(=O)N[C@@H]1CCc2ccccc2N(Cc2ccc(-c3ccccc3[N+](=O)[O-])c(Oc3ccccc3)c2)C1=O)NC(=O)OC(C)(C)C. The molecular formula is C39H42N4O7. The molecule has 0 unspecified atom stereocenters. The number of anilines is 1. The molecule has 0 aliphatic carbocycles. The van der Waals surface area contributed by atoms with Crippen LogP contribution in [-0.4, -0.2) is 40.0 Å². The fraction of sp³-hybridized carbons (Fsp3) is 0.308. The summed E-state index contributed by atoms with van der Waals surface area (Å²) < 4.78 is 11.7. The maximum absolute atomic E-state index is 14.2. The quantitative estimate of drug-likeness (QED) is 0.129. The van der Waals surface area contributed by atoms with E-state index in [-0.39, 0.29) is 30.5 Å². The van der Waals surface area contributed by atoms with Crippen molar-refractivity contribution in [1.29, 1.82) is 0 Å². The third kappa shape index (κ3) is 9.04. The zero-order chi connectivity index (χ0) is 36.1. The fourth-order valence-electron chi connectivity index (χ4n) is 5.91. The summed E-state index contributed by atoms with van der Waals surface area (Å²) in [5, 5.41) is 17.6. The summed E-state index contributed by atoms with van der Waals surface area (Å²) in [6.45, 7) is 8.86. The summed E-state index contributed by atoms with van der Waals surface area (Å²) in [6, 6.07) is 27.8. The van der Waals surface area contributed by atoms with E-state index in [0.717, 1.165) is 16.8 Å². The number of ether oxygens (including phenoxy) is 2. The monoisotopic (exact) mass is 678 g/mol. The molecule has 2 N–H and O–H groups in total. The molecule has 0 saturated heterocycles. The molecule has 4 aromatic rings. The van der Waals surface area contributed by atoms with E-state index in [9.17, 15) is 24.5 Å². The molecule has 260 valence electrons. The smallest absolute Gasteiger partial charge is 0.408 e. The van der Waals surface area contributed by atoms with Gasteiger partial charge in [-0.3, -0.25) is 19.7 Å². The van der Waals surface area contributed by atoms with E-state index in [1.807, 2.05) is 48.5 Å². The van der Waals surface area contributed by atoms with Crippen LogP contribution in [0.4, 0.5) is 16.2 Å². The predicted octanol–water partition coefficient (Wildman–Crippen LogP) is 7.71. The molecule has 0 spiro atoms. The number of hydrogen-bond donors (Lipinski definition) is 2. The molecule has 11 heteroatoms. The number of aryl methyl sites for hydroxylation is 1. The van der Waals surface area contributed by atoms with Gasteiger partial charge in [0.25, 0.3) is 5.69 Å². The highest BCUT2D eigenvalue weighted by molar-refractivity contribution is 6.00. The van der Waals surface area contributed by atoms with Crippen molar-refractivity contribution in [2.45, 2.75) is 77.6 Å². The van der Waals surface area contributed by atoms with Gasteiger partial charge in [-0.2, -0.15) is 0 Å². The van der Waals surface area contributed by atoms with Crippen LogP contribution in [0.5, 0.6) is 11.5 Å². The number of nitro groups is 1. The number of hydrogen-bond acceptors (Lipinski definition) is 7. The summed E-state index contributed by atoms with van der Waals surface area (Å²) in [7, 11) is 0. The summed E-state index contributed by atoms with van der Waals surface area (Å²) in [4.78, 5) is 53.1. The van der Waals surface area contributed by atoms with E-state index >= 15 is 0 Å². The van der Waals surface area contributed by atoms with E-state index in [4.69, 9.17) is 9.47 Å². The van der Waals surface area contributed by atoms with Crippen LogP contribution in [0.15, 0.2) is 97.1 Å². The Morgan fingerprint density at radius 3 is 2.30 bits per heavy atom. The topological polar surface area (TPSA) is 140 Å². The van der Waals surface area contributed by atoms with Crippen LogP contribution in [0.2, 0.25) is 0 Å². The molecule has 1 heterocycles. The summed E-state index contributed by atoms with van der Waals surface area (Å²) >= 11 is 0. The second-order valence-electron chi connectivity index (χ2n) is 13.9. The largest absolute Gasteiger partial charge is 0.457 e. The van der Waals surface area contributed by atoms with E-state index in [1.165, 1.54) is 6.07 Å². The van der Waals surface area contributed by atoms with Crippen molar-refractivity contribution in [1.82, 2.24) is 10.6 Å². The normalized spacial score (nSPS) is 14.6. The van der Waals surface area contributed by atoms with E-state index in [1.54, 1.807) is 82.0 Å². The van der Waals surface area contributed by atoms with E-state index < -0.39 is 28.2 Å². The Balaban J connectivity index is 1.43. The molecule has 0 aromatic heterocycles. The second kappa shape index (κ2) is 14.8. The number of fused-ring (bicyclic) bond motifs is 1. The summed E-state index contributed by atoms with van der Waals surface area (Å²) in [5.41, 5.74) is 1.65. The number of carbonyl (C=O) groups excluding carboxylic acids is 3. The van der Waals surface area contributed by atoms with Crippen LogP contribution < -0.4 is 20.3 Å². The number of para-hydroxylation sites is 3. The number of rotatable bonds is 10. The molecule has 0 fully saturated rings. The Morgan fingerprint density at radius 1 is 0.900 bits per heavy atom. The molecule has 1 aliphatic rings. The number of alkyl carbamates (subject to hydrolysis) is 1. The molecule has 1 aliphatic heterocycles. The number of benzene rings is 4. The van der Waals surface area contributed by atoms with Crippen LogP contribution in [0.25, 0.3) is 11.1 Å². The van der Waals surface area contributed by atoms with Gasteiger partial charge < -0.3 is 25.0 Å². The highest BCUT2D eigenvalue weighted by Gasteiger charge is 2.34. The Morgan fingerprint density at radius 2 is 1.58 bits per heavy atom. The van der Waals surface area contributed by atoms with Gasteiger partial charge in [0.1, 0.15) is 23.1 Å². The summed E-state index contributed by atoms with van der Waals surface area (Å²) in [6.07, 6.45) is 0.237. The van der Waals surface area contributed by atoms with Crippen LogP contribution in [0.1, 0.15) is 58.6 Å². The lowest BCUT2D eigenvalue weighted by Crippen LogP contribution is -2.52. The minimum atomic E-state index is -0.937. The standard InChI is InChI=1S/C39H42N4O7/c1-38(2,3)50-37(46)41-39(4,5)24-35(44)40-31-22-20-27-13-9-11-17-32(27)42(36(31)45)25-26-19-21-30(29-16-10-12-18-33(29)43(47)48)34(23-26)49-28-14-7-6-8-15-28/h6-19,21,23,31H,20,22,24-25H2,1-5H3,(H,40,44)(H,41,46)/t31-/m1/s1. The second-order valence-corrected chi connectivity index (χ2v) is 13.9. The molecule has 3 amide bonds. The number of nitrogens with one attached hydrogen (secondary N) is 2. The third-order valence-electron chi connectivity index (χ3n) is 8.07. The zero-order valence-electron chi connectivity index (χ0n) is 28.9. The molecule has 11 nitrogen and oxygen atoms in total. The lowest BCUT2D eigenvalue weighted by molar-refractivity contribution is -0.384. The minimum absolute atomic E-state index is 0.0576. The van der Waals surface area contributed by atoms with Gasteiger partial charge in [0.2, 0.25) is 11.8 Å². The first kappa shape index (κ1) is 35.6. The van der Waals surface area contributed by atoms with E-state index in [2.05, 4.69) is 10.6 Å². The van der Waals surface area contributed by atoms with E-state index in [0.29, 0.717) is 35.5 Å². The maximum atomic E-state index is 14.2. The Labute approximate surface area is 291 Å². The van der Waals surface area contributed by atoms with Crippen LogP contribution in [-0.2, 0) is 27.3 Å². The first-order valence-corrected chi connectivity index (χ1v) is 16.5. The van der Waals surface area contributed by atoms with Crippen LogP contribution in [0.3, 0.4) is 0 Å². The predicted molar refractivity (Wildman–Crippen MR) is 191 cm³/mol. The molecule has 1 atom stereocenters. The van der Waals surface area contributed by atoms with Gasteiger partial charge in [0, 0.05) is 29.3 Å². The number of nitro benzene ring substituents is 1. The van der Waals surface area contributed by atoms with Crippen LogP contribution >= 0.6 is 0 Å². The number of nitrogens with zero attached hydrogens (tertiary/aromatic N) is 2. The Kier molecular flexibility index (Phi) is 10.5. The lowest BCUT2D eigenvalue weighted by Gasteiger charge is -2.30. The van der Waals surface area contributed by atoms with Crippen molar-refractivity contribution in [3.05, 3.63) is 118 Å². The molecule has 0 radical (unpaired) electrons. The fourth-order valence-corrected chi connectivity index (χ4v) is 5.91. The number of carbonyl (C=O) groups is 3. The molecule has 4 aromatic carbocycles. The highest BCUT2D eigenvalue weighted by Crippen LogP contribution is 2.39. The molecule has 0 saturated carbocycles. The van der Waals surface area contributed by atoms with Crippen molar-refractivity contribution in [3.63, 3.8) is 0 Å². The zero-order valence-corrected chi connectivity index (χ0v) is 28.9. The Bertz CT molecular complexity index is 1890. The minimum Gasteiger partial charge on any atom is -0.457 e. The maximum Gasteiger partial charge on any atom is 0.408 e. The first-order chi connectivity index (χ1) is 23.7. The van der Waals surface area contributed by atoms with Gasteiger partial charge in [-0.1, -0.05) is 60.7 Å². The molecule has 0 bridgehead atoms. The molecule has 5 rings (SSSR count). The summed E-state index contributed by atoms with van der Waals surface area (Å²) in [5.74, 6) is 0.271. The third-order valence-corrected chi connectivity index (χ3v) is 8.07. The van der Waals surface area contributed by atoms with Gasteiger partial charge >= 0.3 is 6.09 Å². The van der Waals surface area contributed by atoms with Gasteiger partial charge in [0.15, 0.2) is 0 Å². The van der Waals surface area contributed by atoms with Gasteiger partial charge in [0.05, 0.1) is 17.0 Å². The van der Waals surface area contributed by atoms with Gasteiger partial charge in [-0.05, 0) is 88.9 Å². The molecular weight excluding hydrogens is 636 g/mol. The average Bonchev–Trinajstić information content (AvgIpc) is 3.16. The molecule has 50 heavy (non-hydrogen) atoms. The van der Waals surface area contributed by atoms with Crippen molar-refractivity contribution < 1.29 is 28.8 Å². The highest BCUT2D eigenvalue weighted by atomic mass is 16.6. The van der Waals surface area contributed by atoms with Crippen molar-refractivity contribution in [2.75, 3.05) is 4.90 Å². The van der Waals surface area contributed by atoms with Crippen LogP contribution in [0, 0.1) is 10.1 Å². The van der Waals surface area contributed by atoms with Crippen molar-refractivity contribution >= 4 is 29.3 Å². The van der Waals surface area contributed by atoms with Gasteiger partial charge in [-0.25, -0.2) is 4.79 Å². The van der Waals surface area contributed by atoms with Gasteiger partial charge in [-0.15, -0.1) is 0 Å². The lowest BCUT2D eigenvalue weighted by atomic mass is 9.99. The number of amides is 3. The van der Waals surface area contributed by atoms with Crippen molar-refractivity contribution in [2.24, 2.45) is 0 Å². The van der Waals surface area contributed by atoms with Crippen molar-refractivity contribution in [3.8, 4) is 22.6 Å². The Hall–Kier alpha value is -5.71. The first-order valence-electron chi connectivity index (χ1n) is 16.5.